The summed E-state index contributed by atoms with van der Waals surface area (Å²) in [4.78, 5) is 14.7. The maximum absolute atomic E-state index is 10.9. The molecule has 4 N–H and O–H groups in total. The van der Waals surface area contributed by atoms with E-state index in [1.807, 2.05) is 0 Å². The highest BCUT2D eigenvalue weighted by atomic mass is 16.5. The Morgan fingerprint density at radius 3 is 2.92 bits per heavy atom. The molecule has 0 spiro atoms. The topological polar surface area (TPSA) is 106 Å². The first-order chi connectivity index (χ1) is 6.13. The van der Waals surface area contributed by atoms with Crippen molar-refractivity contribution in [1.29, 1.82) is 0 Å². The van der Waals surface area contributed by atoms with Crippen molar-refractivity contribution in [3.8, 4) is 0 Å². The van der Waals surface area contributed by atoms with E-state index in [0.29, 0.717) is 0 Å². The summed E-state index contributed by atoms with van der Waals surface area (Å²) < 4.78 is 4.49. The number of H-pyrrole nitrogens is 1. The van der Waals surface area contributed by atoms with Crippen molar-refractivity contribution in [2.45, 2.75) is 13.0 Å². The van der Waals surface area contributed by atoms with Gasteiger partial charge in [0, 0.05) is 0 Å². The van der Waals surface area contributed by atoms with Gasteiger partial charge in [-0.2, -0.15) is 4.98 Å². The lowest BCUT2D eigenvalue weighted by atomic mass is 10.3. The van der Waals surface area contributed by atoms with E-state index in [2.05, 4.69) is 25.2 Å². The number of aromatic nitrogens is 3. The summed E-state index contributed by atoms with van der Waals surface area (Å²) in [5, 5.41) is 8.83. The summed E-state index contributed by atoms with van der Waals surface area (Å²) >= 11 is 0. The van der Waals surface area contributed by atoms with Gasteiger partial charge < -0.3 is 15.8 Å². The number of carbonyl (C=O) groups excluding carboxylic acids is 1. The smallest absolute Gasteiger partial charge is 0.328 e. The highest BCUT2D eigenvalue weighted by Gasteiger charge is 2.14. The van der Waals surface area contributed by atoms with Crippen LogP contribution >= 0.6 is 0 Å². The summed E-state index contributed by atoms with van der Waals surface area (Å²) in [5.41, 5.74) is 5.28. The molecule has 0 amide bonds. The first-order valence-corrected chi connectivity index (χ1v) is 3.65. The van der Waals surface area contributed by atoms with Crippen molar-refractivity contribution in [3.63, 3.8) is 0 Å². The lowest BCUT2D eigenvalue weighted by molar-refractivity contribution is -0.141. The van der Waals surface area contributed by atoms with Gasteiger partial charge in [0.2, 0.25) is 11.9 Å². The van der Waals surface area contributed by atoms with E-state index >= 15 is 0 Å². The number of methoxy groups -OCH3 is 1. The van der Waals surface area contributed by atoms with Gasteiger partial charge in [0.15, 0.2) is 0 Å². The summed E-state index contributed by atoms with van der Waals surface area (Å²) in [6.45, 7) is 1.64. The Labute approximate surface area is 74.7 Å². The fourth-order valence-corrected chi connectivity index (χ4v) is 0.768. The van der Waals surface area contributed by atoms with Crippen LogP contribution in [0.1, 0.15) is 6.92 Å². The summed E-state index contributed by atoms with van der Waals surface area (Å²) in [5.74, 6) is 0.0818. The van der Waals surface area contributed by atoms with Crippen molar-refractivity contribution in [2.75, 3.05) is 18.2 Å². The number of hydrogen-bond donors (Lipinski definition) is 3. The first-order valence-electron chi connectivity index (χ1n) is 3.65. The summed E-state index contributed by atoms with van der Waals surface area (Å²) in [6.07, 6.45) is 0. The highest BCUT2D eigenvalue weighted by molar-refractivity contribution is 5.77. The molecule has 7 heteroatoms. The molecule has 0 aliphatic heterocycles. The predicted molar refractivity (Wildman–Crippen MR) is 45.9 cm³/mol. The number of nitrogens with two attached hydrogens (primary N) is 1. The van der Waals surface area contributed by atoms with E-state index in [1.165, 1.54) is 7.11 Å². The summed E-state index contributed by atoms with van der Waals surface area (Å²) in [7, 11) is 1.31. The molecule has 1 aromatic heterocycles. The monoisotopic (exact) mass is 185 g/mol. The molecule has 1 rings (SSSR count). The number of rotatable bonds is 3. The number of nitrogen functional groups attached to an aromatic ring is 1. The minimum absolute atomic E-state index is 0.194. The highest BCUT2D eigenvalue weighted by Crippen LogP contribution is 2.01. The number of nitrogens with zero attached hydrogens (tertiary/aromatic N) is 2. The van der Waals surface area contributed by atoms with Gasteiger partial charge in [-0.25, -0.2) is 9.89 Å². The molecule has 0 bridgehead atoms. The minimum atomic E-state index is -0.500. The molecular formula is C6H11N5O2. The van der Waals surface area contributed by atoms with Crippen LogP contribution in [-0.4, -0.2) is 34.3 Å². The van der Waals surface area contributed by atoms with E-state index in [-0.39, 0.29) is 17.9 Å². The molecule has 1 heterocycles. The standard InChI is InChI=1S/C6H11N5O2/c1-3(4(12)13-2)8-6-9-5(7)10-11-6/h3H,1-2H3,(H4,7,8,9,10,11)/t3-/m0/s1. The summed E-state index contributed by atoms with van der Waals surface area (Å²) in [6, 6.07) is -0.500. The average Bonchev–Trinajstić information content (AvgIpc) is 2.49. The fourth-order valence-electron chi connectivity index (χ4n) is 0.768. The second-order valence-electron chi connectivity index (χ2n) is 2.43. The Kier molecular flexibility index (Phi) is 2.68. The van der Waals surface area contributed by atoms with Crippen LogP contribution in [0.2, 0.25) is 0 Å². The van der Waals surface area contributed by atoms with Crippen molar-refractivity contribution >= 4 is 17.9 Å². The van der Waals surface area contributed by atoms with Gasteiger partial charge in [0.25, 0.3) is 0 Å². The minimum Gasteiger partial charge on any atom is -0.467 e. The maximum atomic E-state index is 10.9. The van der Waals surface area contributed by atoms with Crippen molar-refractivity contribution < 1.29 is 9.53 Å². The number of nitrogens with one attached hydrogen (secondary N) is 2. The zero-order valence-corrected chi connectivity index (χ0v) is 7.37. The molecule has 0 fully saturated rings. The van der Waals surface area contributed by atoms with Crippen molar-refractivity contribution in [1.82, 2.24) is 15.2 Å². The maximum Gasteiger partial charge on any atom is 0.328 e. The van der Waals surface area contributed by atoms with Gasteiger partial charge in [-0.15, -0.1) is 5.10 Å². The van der Waals surface area contributed by atoms with Crippen LogP contribution in [0.3, 0.4) is 0 Å². The van der Waals surface area contributed by atoms with Gasteiger partial charge in [0.1, 0.15) is 6.04 Å². The molecule has 0 aliphatic rings. The Balaban J connectivity index is 2.54. The third kappa shape index (κ3) is 2.32. The van der Waals surface area contributed by atoms with Crippen LogP contribution in [0.4, 0.5) is 11.9 Å². The van der Waals surface area contributed by atoms with E-state index in [9.17, 15) is 4.79 Å². The molecular weight excluding hydrogens is 174 g/mol. The third-order valence-corrected chi connectivity index (χ3v) is 1.40. The van der Waals surface area contributed by atoms with Gasteiger partial charge in [-0.3, -0.25) is 0 Å². The Bertz CT molecular complexity index is 297. The van der Waals surface area contributed by atoms with Crippen LogP contribution in [-0.2, 0) is 9.53 Å². The van der Waals surface area contributed by atoms with Gasteiger partial charge in [-0.05, 0) is 6.92 Å². The van der Waals surface area contributed by atoms with Crippen LogP contribution in [0.5, 0.6) is 0 Å². The lowest BCUT2D eigenvalue weighted by Gasteiger charge is -2.08. The van der Waals surface area contributed by atoms with E-state index in [0.717, 1.165) is 0 Å². The molecule has 0 saturated carbocycles. The van der Waals surface area contributed by atoms with Crippen molar-refractivity contribution in [2.24, 2.45) is 0 Å². The molecule has 0 saturated heterocycles. The Hall–Kier alpha value is -1.79. The molecule has 7 nitrogen and oxygen atoms in total. The zero-order valence-electron chi connectivity index (χ0n) is 7.37. The average molecular weight is 185 g/mol. The van der Waals surface area contributed by atoms with E-state index in [4.69, 9.17) is 5.73 Å². The third-order valence-electron chi connectivity index (χ3n) is 1.40. The fraction of sp³-hybridized carbons (Fsp3) is 0.500. The first kappa shape index (κ1) is 9.30. The largest absolute Gasteiger partial charge is 0.467 e. The number of anilines is 2. The lowest BCUT2D eigenvalue weighted by Crippen LogP contribution is -2.27. The second kappa shape index (κ2) is 3.74. The van der Waals surface area contributed by atoms with Crippen LogP contribution in [0.25, 0.3) is 0 Å². The van der Waals surface area contributed by atoms with E-state index in [1.54, 1.807) is 6.92 Å². The molecule has 0 aromatic carbocycles. The second-order valence-corrected chi connectivity index (χ2v) is 2.43. The van der Waals surface area contributed by atoms with Gasteiger partial charge in [0.05, 0.1) is 7.11 Å². The molecule has 1 atom stereocenters. The van der Waals surface area contributed by atoms with Crippen LogP contribution in [0.15, 0.2) is 0 Å². The SMILES string of the molecule is COC(=O)[C@H](C)Nc1n[nH]c(N)n1. The predicted octanol–water partition coefficient (Wildman–Crippen LogP) is -0.640. The number of hydrogen-bond acceptors (Lipinski definition) is 6. The Morgan fingerprint density at radius 2 is 2.46 bits per heavy atom. The molecule has 0 radical (unpaired) electrons. The molecule has 72 valence electrons. The molecule has 0 unspecified atom stereocenters. The van der Waals surface area contributed by atoms with E-state index < -0.39 is 6.04 Å². The molecule has 13 heavy (non-hydrogen) atoms. The van der Waals surface area contributed by atoms with Crippen LogP contribution in [0, 0.1) is 0 Å². The van der Waals surface area contributed by atoms with Crippen LogP contribution < -0.4 is 11.1 Å². The number of aromatic amines is 1. The number of ether oxygens (including phenoxy) is 1. The Morgan fingerprint density at radius 1 is 1.77 bits per heavy atom. The molecule has 1 aromatic rings. The zero-order chi connectivity index (χ0) is 9.84. The van der Waals surface area contributed by atoms with Crippen molar-refractivity contribution in [3.05, 3.63) is 0 Å². The number of carbonyl (C=O) groups is 1. The normalized spacial score (nSPS) is 12.2. The quantitative estimate of drug-likeness (QED) is 0.541. The van der Waals surface area contributed by atoms with Gasteiger partial charge in [-0.1, -0.05) is 0 Å². The molecule has 0 aliphatic carbocycles. The van der Waals surface area contributed by atoms with Gasteiger partial charge >= 0.3 is 5.97 Å². The number of esters is 1.